The van der Waals surface area contributed by atoms with Gasteiger partial charge in [-0.3, -0.25) is 9.59 Å². The van der Waals surface area contributed by atoms with E-state index >= 15 is 0 Å². The number of amides is 2. The van der Waals surface area contributed by atoms with Crippen LogP contribution in [0.4, 0.5) is 13.2 Å². The number of primary amides is 1. The minimum absolute atomic E-state index is 0.0834. The summed E-state index contributed by atoms with van der Waals surface area (Å²) in [6.07, 6.45) is 0.523. The summed E-state index contributed by atoms with van der Waals surface area (Å²) < 4.78 is 34.0. The van der Waals surface area contributed by atoms with Gasteiger partial charge in [0.05, 0.1) is 11.9 Å². The number of carboxylic acids is 1. The van der Waals surface area contributed by atoms with Crippen LogP contribution in [0.3, 0.4) is 0 Å². The molecule has 35 heavy (non-hydrogen) atoms. The quantitative estimate of drug-likeness (QED) is 0.673. The smallest absolute Gasteiger partial charge is 0.475 e. The lowest BCUT2D eigenvalue weighted by molar-refractivity contribution is -0.192. The first-order valence-electron chi connectivity index (χ1n) is 11.4. The average molecular weight is 495 g/mol. The van der Waals surface area contributed by atoms with Crippen LogP contribution in [0, 0.1) is 5.92 Å². The molecule has 1 fully saturated rings. The number of aromatic nitrogens is 2. The van der Waals surface area contributed by atoms with E-state index in [4.69, 9.17) is 20.6 Å². The fourth-order valence-corrected chi connectivity index (χ4v) is 4.63. The average Bonchev–Trinajstić information content (AvgIpc) is 3.35. The van der Waals surface area contributed by atoms with Crippen molar-refractivity contribution in [1.29, 1.82) is 0 Å². The first-order valence-corrected chi connectivity index (χ1v) is 11.4. The normalized spacial score (nSPS) is 16.6. The number of benzene rings is 1. The predicted octanol–water partition coefficient (Wildman–Crippen LogP) is 3.59. The summed E-state index contributed by atoms with van der Waals surface area (Å²) in [6, 6.07) is 7.40. The number of imidazole rings is 1. The van der Waals surface area contributed by atoms with Gasteiger partial charge in [-0.25, -0.2) is 9.78 Å². The van der Waals surface area contributed by atoms with Crippen molar-refractivity contribution in [2.24, 2.45) is 11.7 Å². The van der Waals surface area contributed by atoms with Gasteiger partial charge in [-0.2, -0.15) is 13.2 Å². The van der Waals surface area contributed by atoms with Crippen LogP contribution in [-0.2, 0) is 21.5 Å². The summed E-state index contributed by atoms with van der Waals surface area (Å²) in [7, 11) is 0. The van der Waals surface area contributed by atoms with Crippen molar-refractivity contribution in [3.63, 3.8) is 0 Å². The van der Waals surface area contributed by atoms with E-state index in [0.29, 0.717) is 17.9 Å². The number of fused-ring (bicyclic) bond motifs is 2. The van der Waals surface area contributed by atoms with Crippen LogP contribution < -0.4 is 5.73 Å². The van der Waals surface area contributed by atoms with E-state index in [1.807, 2.05) is 23.2 Å². The highest BCUT2D eigenvalue weighted by Gasteiger charge is 2.44. The molecule has 1 aromatic carbocycles. The van der Waals surface area contributed by atoms with E-state index < -0.39 is 18.1 Å². The molecule has 3 N–H and O–H groups in total. The van der Waals surface area contributed by atoms with Gasteiger partial charge >= 0.3 is 12.1 Å². The summed E-state index contributed by atoms with van der Waals surface area (Å²) in [4.78, 5) is 39.4. The van der Waals surface area contributed by atoms with Crippen molar-refractivity contribution in [2.75, 3.05) is 13.1 Å². The molecule has 1 aromatic heterocycles. The minimum Gasteiger partial charge on any atom is -0.475 e. The molecule has 0 bridgehead atoms. The van der Waals surface area contributed by atoms with Crippen LogP contribution in [0.15, 0.2) is 30.5 Å². The molecule has 1 saturated heterocycles. The lowest BCUT2D eigenvalue weighted by Gasteiger charge is -2.38. The summed E-state index contributed by atoms with van der Waals surface area (Å²) in [5, 5.41) is 7.12. The zero-order chi connectivity index (χ0) is 26.0. The minimum atomic E-state index is -5.08. The number of likely N-dealkylation sites (tertiary alicyclic amines) is 1. The molecule has 0 atom stereocenters. The number of nitrogens with two attached hydrogens (primary N) is 1. The van der Waals surface area contributed by atoms with Crippen molar-refractivity contribution in [1.82, 2.24) is 14.5 Å². The molecule has 2 amide bonds. The molecule has 2 aliphatic heterocycles. The second-order valence-electron chi connectivity index (χ2n) is 9.37. The molecule has 8 nitrogen and oxygen atoms in total. The number of carbonyl (C=O) groups excluding carboxylic acids is 2. The van der Waals surface area contributed by atoms with Crippen LogP contribution in [0.1, 0.15) is 55.7 Å². The van der Waals surface area contributed by atoms with Crippen LogP contribution in [0.5, 0.6) is 0 Å². The fourth-order valence-electron chi connectivity index (χ4n) is 4.63. The van der Waals surface area contributed by atoms with E-state index in [2.05, 4.69) is 18.4 Å². The zero-order valence-electron chi connectivity index (χ0n) is 19.6. The zero-order valence-corrected chi connectivity index (χ0v) is 19.6. The van der Waals surface area contributed by atoms with Crippen molar-refractivity contribution in [3.05, 3.63) is 41.9 Å². The Balaban J connectivity index is 0.000000429. The van der Waals surface area contributed by atoms with Gasteiger partial charge in [-0.05, 0) is 42.9 Å². The standard InChI is InChI=1S/C22H28N4O2.C2HF3O2/c1-15(2)13-19(27)25-10-7-22(8-11-25)9-12-26-18(14-24-21(22)26)16-3-5-17(6-4-16)20(23)28;3-2(4,5)1(6)7/h3-6,14-15H,7-13H2,1-2H3,(H2,23,28);(H,6,7). The van der Waals surface area contributed by atoms with Crippen LogP contribution >= 0.6 is 0 Å². The summed E-state index contributed by atoms with van der Waals surface area (Å²) >= 11 is 0. The highest BCUT2D eigenvalue weighted by Crippen LogP contribution is 2.44. The summed E-state index contributed by atoms with van der Waals surface area (Å²) in [6.45, 7) is 6.77. The Bertz CT molecular complexity index is 1090. The third-order valence-corrected chi connectivity index (χ3v) is 6.51. The van der Waals surface area contributed by atoms with Crippen molar-refractivity contribution in [3.8, 4) is 11.3 Å². The maximum Gasteiger partial charge on any atom is 0.490 e. The number of aliphatic carboxylic acids is 1. The third-order valence-electron chi connectivity index (χ3n) is 6.51. The van der Waals surface area contributed by atoms with Gasteiger partial charge in [0.1, 0.15) is 5.82 Å². The molecule has 0 aliphatic carbocycles. The number of hydrogen-bond donors (Lipinski definition) is 2. The predicted molar refractivity (Wildman–Crippen MR) is 121 cm³/mol. The molecule has 190 valence electrons. The van der Waals surface area contributed by atoms with Gasteiger partial charge < -0.3 is 20.3 Å². The molecule has 3 heterocycles. The Labute approximate surface area is 200 Å². The molecule has 0 unspecified atom stereocenters. The Morgan fingerprint density at radius 3 is 2.11 bits per heavy atom. The lowest BCUT2D eigenvalue weighted by Crippen LogP contribution is -2.44. The lowest BCUT2D eigenvalue weighted by atomic mass is 9.76. The number of piperidine rings is 1. The third kappa shape index (κ3) is 5.83. The molecule has 0 radical (unpaired) electrons. The number of nitrogens with zero attached hydrogens (tertiary/aromatic N) is 3. The number of hydrogen-bond acceptors (Lipinski definition) is 4. The van der Waals surface area contributed by atoms with Crippen LogP contribution in [0.25, 0.3) is 11.3 Å². The largest absolute Gasteiger partial charge is 0.490 e. The Hall–Kier alpha value is -3.37. The Kier molecular flexibility index (Phi) is 7.56. The molecule has 0 saturated carbocycles. The molecule has 2 aliphatic rings. The van der Waals surface area contributed by atoms with E-state index in [9.17, 15) is 22.8 Å². The number of carboxylic acid groups (broad SMARTS) is 1. The van der Waals surface area contributed by atoms with Crippen molar-refractivity contribution >= 4 is 17.8 Å². The molecule has 4 rings (SSSR count). The molecule has 1 spiro atoms. The van der Waals surface area contributed by atoms with E-state index in [1.165, 1.54) is 0 Å². The van der Waals surface area contributed by atoms with Gasteiger partial charge in [0.2, 0.25) is 11.8 Å². The van der Waals surface area contributed by atoms with E-state index in [1.54, 1.807) is 12.1 Å². The first kappa shape index (κ1) is 26.2. The highest BCUT2D eigenvalue weighted by atomic mass is 19.4. The highest BCUT2D eigenvalue weighted by molar-refractivity contribution is 5.93. The van der Waals surface area contributed by atoms with E-state index in [0.717, 1.165) is 56.0 Å². The summed E-state index contributed by atoms with van der Waals surface area (Å²) in [5.74, 6) is -1.34. The second kappa shape index (κ2) is 10.1. The topological polar surface area (TPSA) is 119 Å². The van der Waals surface area contributed by atoms with Crippen molar-refractivity contribution < 1.29 is 32.7 Å². The number of halogens is 3. The van der Waals surface area contributed by atoms with Gasteiger partial charge in [-0.15, -0.1) is 0 Å². The first-order chi connectivity index (χ1) is 16.3. The maximum atomic E-state index is 12.4. The fraction of sp³-hybridized carbons (Fsp3) is 0.500. The van der Waals surface area contributed by atoms with Gasteiger partial charge in [0.25, 0.3) is 0 Å². The van der Waals surface area contributed by atoms with Gasteiger partial charge in [0, 0.05) is 37.0 Å². The second-order valence-corrected chi connectivity index (χ2v) is 9.37. The summed E-state index contributed by atoms with van der Waals surface area (Å²) in [5.41, 5.74) is 8.07. The number of carbonyl (C=O) groups is 3. The molecular weight excluding hydrogens is 465 g/mol. The number of rotatable bonds is 4. The Morgan fingerprint density at radius 1 is 1.09 bits per heavy atom. The number of alkyl halides is 3. The van der Waals surface area contributed by atoms with E-state index in [-0.39, 0.29) is 11.3 Å². The molecule has 11 heteroatoms. The van der Waals surface area contributed by atoms with Gasteiger partial charge in [0.15, 0.2) is 0 Å². The van der Waals surface area contributed by atoms with Gasteiger partial charge in [-0.1, -0.05) is 26.0 Å². The maximum absolute atomic E-state index is 12.4. The van der Waals surface area contributed by atoms with Crippen molar-refractivity contribution in [2.45, 2.75) is 57.7 Å². The monoisotopic (exact) mass is 494 g/mol. The molecular formula is C24H29F3N4O4. The SMILES string of the molecule is CC(C)CC(=O)N1CCC2(CC1)CCn1c(-c3ccc(C(N)=O)cc3)cnc12.O=C(O)C(F)(F)F. The Morgan fingerprint density at radius 2 is 1.63 bits per heavy atom. The van der Waals surface area contributed by atoms with Crippen LogP contribution in [-0.4, -0.2) is 56.6 Å². The van der Waals surface area contributed by atoms with Crippen LogP contribution in [0.2, 0.25) is 0 Å². The molecule has 2 aromatic rings.